The zero-order chi connectivity index (χ0) is 27.8. The highest BCUT2D eigenvalue weighted by atomic mass is 19.1. The average molecular weight is 542 g/mol. The van der Waals surface area contributed by atoms with Gasteiger partial charge in [0.05, 0.1) is 12.1 Å². The molecular formula is C28H26F3N3O5. The first kappa shape index (κ1) is 26.5. The summed E-state index contributed by atoms with van der Waals surface area (Å²) in [6, 6.07) is 9.03. The van der Waals surface area contributed by atoms with Crippen molar-refractivity contribution in [3.05, 3.63) is 98.7 Å². The maximum absolute atomic E-state index is 14.1. The van der Waals surface area contributed by atoms with Gasteiger partial charge in [0.25, 0.3) is 11.8 Å². The Hall–Kier alpha value is -4.12. The number of hydrogen-bond donors (Lipinski definition) is 2. The maximum atomic E-state index is 14.1. The molecule has 2 N–H and O–H groups in total. The maximum Gasteiger partial charge on any atom is 0.274 e. The Kier molecular flexibility index (Phi) is 7.17. The van der Waals surface area contributed by atoms with Crippen molar-refractivity contribution in [3.8, 4) is 5.75 Å². The minimum absolute atomic E-state index is 0.0732. The van der Waals surface area contributed by atoms with Crippen molar-refractivity contribution in [1.82, 2.24) is 14.8 Å². The van der Waals surface area contributed by atoms with Crippen molar-refractivity contribution in [2.24, 2.45) is 0 Å². The highest BCUT2D eigenvalue weighted by Crippen LogP contribution is 2.35. The van der Waals surface area contributed by atoms with Crippen LogP contribution in [0.2, 0.25) is 0 Å². The second kappa shape index (κ2) is 10.6. The van der Waals surface area contributed by atoms with E-state index in [4.69, 9.17) is 4.74 Å². The van der Waals surface area contributed by atoms with Crippen LogP contribution in [0.5, 0.6) is 5.75 Å². The van der Waals surface area contributed by atoms with Gasteiger partial charge in [0.15, 0.2) is 11.4 Å². The number of carbonyl (C=O) groups excluding carboxylic acids is 2. The van der Waals surface area contributed by atoms with Crippen LogP contribution < -0.4 is 15.5 Å². The molecule has 3 aromatic rings. The molecule has 8 nitrogen and oxygen atoms in total. The fraction of sp³-hybridized carbons (Fsp3) is 0.321. The summed E-state index contributed by atoms with van der Waals surface area (Å²) in [5.74, 6) is -5.29. The summed E-state index contributed by atoms with van der Waals surface area (Å²) in [5, 5.41) is 13.2. The van der Waals surface area contributed by atoms with Gasteiger partial charge in [-0.15, -0.1) is 0 Å². The molecule has 2 amide bonds. The Balaban J connectivity index is 1.56. The largest absolute Gasteiger partial charge is 0.483 e. The minimum Gasteiger partial charge on any atom is -0.483 e. The van der Waals surface area contributed by atoms with E-state index in [0.717, 1.165) is 0 Å². The Morgan fingerprint density at radius 2 is 1.79 bits per heavy atom. The summed E-state index contributed by atoms with van der Waals surface area (Å²) < 4.78 is 48.7. The number of benzene rings is 2. The van der Waals surface area contributed by atoms with Crippen LogP contribution in [0.15, 0.2) is 53.5 Å². The van der Waals surface area contributed by atoms with E-state index in [2.05, 4.69) is 5.32 Å². The van der Waals surface area contributed by atoms with Crippen molar-refractivity contribution in [1.29, 1.82) is 0 Å². The first-order chi connectivity index (χ1) is 18.7. The van der Waals surface area contributed by atoms with Crippen LogP contribution in [0.3, 0.4) is 0 Å². The van der Waals surface area contributed by atoms with Crippen LogP contribution in [-0.2, 0) is 13.2 Å². The molecule has 0 aliphatic carbocycles. The van der Waals surface area contributed by atoms with Gasteiger partial charge in [-0.1, -0.05) is 30.3 Å². The smallest absolute Gasteiger partial charge is 0.274 e. The Bertz CT molecular complexity index is 1470. The van der Waals surface area contributed by atoms with Crippen molar-refractivity contribution in [2.75, 3.05) is 6.54 Å². The molecule has 5 rings (SSSR count). The fourth-order valence-corrected chi connectivity index (χ4v) is 5.06. The number of aliphatic hydroxyl groups is 1. The zero-order valence-electron chi connectivity index (χ0n) is 21.0. The van der Waals surface area contributed by atoms with Crippen molar-refractivity contribution in [3.63, 3.8) is 0 Å². The number of carbonyl (C=O) groups is 2. The lowest BCUT2D eigenvalue weighted by atomic mass is 10.0. The van der Waals surface area contributed by atoms with Gasteiger partial charge in [-0.05, 0) is 25.3 Å². The summed E-state index contributed by atoms with van der Waals surface area (Å²) in [6.07, 6.45) is 1.25. The molecule has 0 spiro atoms. The topological polar surface area (TPSA) is 101 Å². The number of hydrogen-bond acceptors (Lipinski definition) is 5. The molecule has 1 aromatic heterocycles. The van der Waals surface area contributed by atoms with Crippen LogP contribution in [-0.4, -0.2) is 45.1 Å². The van der Waals surface area contributed by atoms with E-state index in [1.165, 1.54) is 10.8 Å². The molecule has 2 aliphatic rings. The molecule has 0 saturated carbocycles. The lowest BCUT2D eigenvalue weighted by Gasteiger charge is -2.38. The molecule has 0 radical (unpaired) electrons. The van der Waals surface area contributed by atoms with Crippen LogP contribution in [0, 0.1) is 17.5 Å². The summed E-state index contributed by atoms with van der Waals surface area (Å²) in [7, 11) is 0. The van der Waals surface area contributed by atoms with Gasteiger partial charge >= 0.3 is 0 Å². The van der Waals surface area contributed by atoms with E-state index >= 15 is 0 Å². The molecule has 3 heterocycles. The Morgan fingerprint density at radius 3 is 2.49 bits per heavy atom. The fourth-order valence-electron chi connectivity index (χ4n) is 5.06. The second-order valence-electron chi connectivity index (χ2n) is 9.78. The van der Waals surface area contributed by atoms with Gasteiger partial charge in [0, 0.05) is 43.0 Å². The van der Waals surface area contributed by atoms with Gasteiger partial charge < -0.3 is 24.6 Å². The highest BCUT2D eigenvalue weighted by molar-refractivity contribution is 5.99. The average Bonchev–Trinajstić information content (AvgIpc) is 3.03. The standard InChI is InChI=1S/C28H26F3N3O5/c1-15-7-8-23(35)22-13-33(15)28(38)24-26(39-14-16-5-3-2-4-6-16)25(36)19(12-34(22)24)27(37)32-11-18-20(30)9-17(29)10-21(18)31/h2-6,9-10,12,15,22-23,35H,7-8,11,13-14H2,1H3,(H,32,37)/t15-,22+,23?/m0/s1. The zero-order valence-corrected chi connectivity index (χ0v) is 21.0. The molecule has 2 bridgehead atoms. The Morgan fingerprint density at radius 1 is 1.10 bits per heavy atom. The number of ether oxygens (including phenoxy) is 1. The van der Waals surface area contributed by atoms with E-state index in [-0.39, 0.29) is 30.6 Å². The third-order valence-electron chi connectivity index (χ3n) is 7.26. The summed E-state index contributed by atoms with van der Waals surface area (Å²) in [6.45, 7) is 1.30. The van der Waals surface area contributed by atoms with E-state index in [1.807, 2.05) is 13.0 Å². The number of amides is 2. The number of rotatable bonds is 6. The number of aromatic nitrogens is 1. The SMILES string of the molecule is C[C@H]1CCC(O)[C@H]2CN1C(=O)c1c(OCc3ccccc3)c(=O)c(C(=O)NCc3c(F)cc(F)cc3F)cn12. The molecule has 11 heteroatoms. The number of nitrogens with one attached hydrogen (secondary N) is 1. The highest BCUT2D eigenvalue weighted by Gasteiger charge is 2.42. The summed E-state index contributed by atoms with van der Waals surface area (Å²) in [5.41, 5.74) is -1.27. The number of halogens is 3. The van der Waals surface area contributed by atoms with Gasteiger partial charge in [0.2, 0.25) is 5.43 Å². The van der Waals surface area contributed by atoms with Gasteiger partial charge in [-0.2, -0.15) is 0 Å². The van der Waals surface area contributed by atoms with E-state index in [1.54, 1.807) is 29.2 Å². The predicted molar refractivity (Wildman–Crippen MR) is 134 cm³/mol. The van der Waals surface area contributed by atoms with Gasteiger partial charge in [-0.3, -0.25) is 14.4 Å². The molecule has 2 aromatic carbocycles. The first-order valence-corrected chi connectivity index (χ1v) is 12.5. The quantitative estimate of drug-likeness (QED) is 0.499. The summed E-state index contributed by atoms with van der Waals surface area (Å²) >= 11 is 0. The molecular weight excluding hydrogens is 515 g/mol. The van der Waals surface area contributed by atoms with Gasteiger partial charge in [0.1, 0.15) is 29.6 Å². The van der Waals surface area contributed by atoms with Crippen LogP contribution in [0.4, 0.5) is 13.2 Å². The Labute approximate surface area is 221 Å². The molecule has 3 atom stereocenters. The number of nitrogens with zero attached hydrogens (tertiary/aromatic N) is 2. The lowest BCUT2D eigenvalue weighted by Crippen LogP contribution is -2.49. The molecule has 204 valence electrons. The predicted octanol–water partition coefficient (Wildman–Crippen LogP) is 3.31. The van der Waals surface area contributed by atoms with E-state index < -0.39 is 64.5 Å². The van der Waals surface area contributed by atoms with E-state index in [9.17, 15) is 32.7 Å². The number of pyridine rings is 1. The van der Waals surface area contributed by atoms with Crippen molar-refractivity contribution < 1.29 is 32.6 Å². The van der Waals surface area contributed by atoms with Crippen LogP contribution in [0.25, 0.3) is 0 Å². The third kappa shape index (κ3) is 5.01. The minimum atomic E-state index is -1.19. The monoisotopic (exact) mass is 541 g/mol. The lowest BCUT2D eigenvalue weighted by molar-refractivity contribution is 0.0499. The van der Waals surface area contributed by atoms with Crippen LogP contribution in [0.1, 0.15) is 57.8 Å². The second-order valence-corrected chi connectivity index (χ2v) is 9.78. The van der Waals surface area contributed by atoms with Crippen molar-refractivity contribution in [2.45, 2.75) is 51.1 Å². The van der Waals surface area contributed by atoms with Crippen molar-refractivity contribution >= 4 is 11.8 Å². The van der Waals surface area contributed by atoms with E-state index in [0.29, 0.717) is 30.5 Å². The van der Waals surface area contributed by atoms with Crippen LogP contribution >= 0.6 is 0 Å². The number of fused-ring (bicyclic) bond motifs is 4. The molecule has 1 unspecified atom stereocenters. The molecule has 1 fully saturated rings. The molecule has 2 aliphatic heterocycles. The normalized spacial score (nSPS) is 20.3. The first-order valence-electron chi connectivity index (χ1n) is 12.5. The third-order valence-corrected chi connectivity index (χ3v) is 7.26. The number of aliphatic hydroxyl groups excluding tert-OH is 1. The molecule has 1 saturated heterocycles. The van der Waals surface area contributed by atoms with Gasteiger partial charge in [-0.25, -0.2) is 13.2 Å². The summed E-state index contributed by atoms with van der Waals surface area (Å²) in [4.78, 5) is 41.9. The molecule has 39 heavy (non-hydrogen) atoms.